The summed E-state index contributed by atoms with van der Waals surface area (Å²) in [5, 5.41) is 8.82. The summed E-state index contributed by atoms with van der Waals surface area (Å²) in [5.74, 6) is 0.817. The van der Waals surface area contributed by atoms with E-state index in [0.29, 0.717) is 6.61 Å². The van der Waals surface area contributed by atoms with Crippen LogP contribution < -0.4 is 10.2 Å². The second-order valence-corrected chi connectivity index (χ2v) is 6.88. The van der Waals surface area contributed by atoms with Crippen molar-refractivity contribution in [3.63, 3.8) is 0 Å². The van der Waals surface area contributed by atoms with Gasteiger partial charge in [0.2, 0.25) is 0 Å². The van der Waals surface area contributed by atoms with Crippen molar-refractivity contribution in [2.24, 2.45) is 0 Å². The van der Waals surface area contributed by atoms with Crippen molar-refractivity contribution < 1.29 is 9.84 Å². The highest BCUT2D eigenvalue weighted by atomic mass is 16.5. The lowest BCUT2D eigenvalue weighted by atomic mass is 9.95. The quantitative estimate of drug-likeness (QED) is 0.519. The Balaban J connectivity index is 1.63. The molecule has 3 aromatic carbocycles. The Kier molecular flexibility index (Phi) is 4.48. The molecule has 0 atom stereocenters. The van der Waals surface area contributed by atoms with Crippen LogP contribution in [0.25, 0.3) is 34.4 Å². The largest absolute Gasteiger partial charge is 0.494 e. The van der Waals surface area contributed by atoms with Gasteiger partial charge in [-0.25, -0.2) is 0 Å². The summed E-state index contributed by atoms with van der Waals surface area (Å²) in [7, 11) is 0. The highest BCUT2D eigenvalue weighted by Gasteiger charge is 2.29. The van der Waals surface area contributed by atoms with E-state index in [1.54, 1.807) is 0 Å². The lowest BCUT2D eigenvalue weighted by molar-refractivity contribution is 0.266. The highest BCUT2D eigenvalue weighted by molar-refractivity contribution is 6.02. The lowest BCUT2D eigenvalue weighted by Crippen LogP contribution is -1.98. The summed E-state index contributed by atoms with van der Waals surface area (Å²) >= 11 is 0. The van der Waals surface area contributed by atoms with Gasteiger partial charge in [0.1, 0.15) is 5.75 Å². The molecular weight excluding hydrogens is 324 g/mol. The molecule has 3 heteroatoms. The molecule has 4 rings (SSSR count). The predicted molar refractivity (Wildman–Crippen MR) is 106 cm³/mol. The van der Waals surface area contributed by atoms with E-state index in [4.69, 9.17) is 9.84 Å². The zero-order chi connectivity index (χ0) is 18.1. The van der Waals surface area contributed by atoms with Gasteiger partial charge in [0.05, 0.1) is 6.61 Å². The number of ether oxygens (including phenoxy) is 1. The third kappa shape index (κ3) is 3.11. The van der Waals surface area contributed by atoms with Crippen LogP contribution in [-0.2, 0) is 0 Å². The van der Waals surface area contributed by atoms with Gasteiger partial charge in [0, 0.05) is 17.7 Å². The van der Waals surface area contributed by atoms with Crippen LogP contribution in [0.5, 0.6) is 5.75 Å². The first-order chi connectivity index (χ1) is 12.7. The molecule has 0 radical (unpaired) electrons. The van der Waals surface area contributed by atoms with Gasteiger partial charge in [0.25, 0.3) is 0 Å². The summed E-state index contributed by atoms with van der Waals surface area (Å²) < 4.78 is 5.84. The summed E-state index contributed by atoms with van der Waals surface area (Å²) in [6, 6.07) is 12.2. The minimum Gasteiger partial charge on any atom is -0.494 e. The third-order valence-electron chi connectivity index (χ3n) is 4.92. The Labute approximate surface area is 153 Å². The molecule has 1 aliphatic rings. The van der Waals surface area contributed by atoms with Crippen molar-refractivity contribution in [3.8, 4) is 28.0 Å². The van der Waals surface area contributed by atoms with Gasteiger partial charge in [-0.2, -0.15) is 0 Å². The number of aliphatic hydroxyl groups excluding tert-OH is 1. The van der Waals surface area contributed by atoms with Gasteiger partial charge < -0.3 is 9.84 Å². The number of hydrogen-bond donors (Lipinski definition) is 1. The van der Waals surface area contributed by atoms with E-state index >= 15 is 0 Å². The monoisotopic (exact) mass is 346 g/mol. The minimum absolute atomic E-state index is 0.151. The number of aliphatic hydroxyl groups is 1. The molecule has 132 valence electrons. The van der Waals surface area contributed by atoms with Gasteiger partial charge in [-0.1, -0.05) is 35.9 Å². The molecule has 3 aromatic rings. The summed E-state index contributed by atoms with van der Waals surface area (Å²) in [5.41, 5.74) is 7.14. The second-order valence-electron chi connectivity index (χ2n) is 6.88. The third-order valence-corrected chi connectivity index (χ3v) is 4.92. The molecule has 0 aliphatic heterocycles. The molecule has 3 nitrogen and oxygen atoms in total. The molecule has 26 heavy (non-hydrogen) atoms. The highest BCUT2D eigenvalue weighted by Crippen LogP contribution is 2.41. The summed E-state index contributed by atoms with van der Waals surface area (Å²) in [6.45, 7) is 2.93. The predicted octanol–water partition coefficient (Wildman–Crippen LogP) is 4.59. The maximum Gasteiger partial charge on any atom is 0.195 e. The smallest absolute Gasteiger partial charge is 0.195 e. The molecule has 1 N–H and O–H groups in total. The minimum atomic E-state index is 0.151. The normalized spacial score (nSPS) is 13.5. The Morgan fingerprint density at radius 2 is 1.58 bits per heavy atom. The number of rotatable bonds is 6. The van der Waals surface area contributed by atoms with E-state index in [2.05, 4.69) is 31.2 Å². The molecule has 0 unspecified atom stereocenters. The first-order valence-electron chi connectivity index (χ1n) is 9.15. The van der Waals surface area contributed by atoms with E-state index in [9.17, 15) is 4.79 Å². The van der Waals surface area contributed by atoms with Gasteiger partial charge in [-0.05, 0) is 66.6 Å². The van der Waals surface area contributed by atoms with Crippen LogP contribution >= 0.6 is 0 Å². The summed E-state index contributed by atoms with van der Waals surface area (Å²) in [4.78, 5) is 12.4. The Morgan fingerprint density at radius 1 is 0.885 bits per heavy atom. The van der Waals surface area contributed by atoms with Gasteiger partial charge in [0.15, 0.2) is 5.43 Å². The van der Waals surface area contributed by atoms with E-state index < -0.39 is 0 Å². The van der Waals surface area contributed by atoms with Crippen molar-refractivity contribution in [1.82, 2.24) is 0 Å². The fraction of sp³-hybridized carbons (Fsp3) is 0.261. The Morgan fingerprint density at radius 3 is 2.31 bits per heavy atom. The standard InChI is InChI=1S/C23H22O3/c1-15-5-9-19-16(13-15)6-7-17-14-18(26-12-4-2-3-11-24)8-10-20(17)22-21(19)23(22)25/h5-10,13-14,24H,2-4,11-12H2,1H3/b7-6-,16-6?,17-7?,21-19?,22-20?. The van der Waals surface area contributed by atoms with Gasteiger partial charge in [-0.3, -0.25) is 4.79 Å². The van der Waals surface area contributed by atoms with Gasteiger partial charge in [-0.15, -0.1) is 0 Å². The molecule has 0 aromatic heterocycles. The number of fused-ring (bicyclic) bond motifs is 5. The zero-order valence-electron chi connectivity index (χ0n) is 14.9. The van der Waals surface area contributed by atoms with Crippen molar-refractivity contribution in [2.75, 3.05) is 13.2 Å². The van der Waals surface area contributed by atoms with Crippen LogP contribution in [0.3, 0.4) is 0 Å². The first kappa shape index (κ1) is 16.8. The van der Waals surface area contributed by atoms with Crippen LogP contribution in [0.4, 0.5) is 0 Å². The van der Waals surface area contributed by atoms with E-state index in [1.165, 1.54) is 5.56 Å². The molecule has 0 heterocycles. The molecule has 0 saturated carbocycles. The number of benzene rings is 2. The van der Waals surface area contributed by atoms with Crippen molar-refractivity contribution in [1.29, 1.82) is 0 Å². The zero-order valence-corrected chi connectivity index (χ0v) is 14.9. The summed E-state index contributed by atoms with van der Waals surface area (Å²) in [6.07, 6.45) is 6.85. The maximum atomic E-state index is 12.4. The van der Waals surface area contributed by atoms with Crippen molar-refractivity contribution in [3.05, 3.63) is 63.3 Å². The SMILES string of the molecule is Cc1ccc2c(c1)/C=C\c1cc(OCCCCCO)ccc1-c1c-2c1=O. The molecule has 0 spiro atoms. The average Bonchev–Trinajstić information content (AvgIpc) is 3.28. The Bertz CT molecular complexity index is 987. The van der Waals surface area contributed by atoms with E-state index in [0.717, 1.165) is 58.4 Å². The van der Waals surface area contributed by atoms with Crippen molar-refractivity contribution >= 4 is 12.2 Å². The van der Waals surface area contributed by atoms with Crippen LogP contribution in [0.2, 0.25) is 0 Å². The molecular formula is C23H22O3. The fourth-order valence-corrected chi connectivity index (χ4v) is 3.49. The van der Waals surface area contributed by atoms with Crippen LogP contribution in [-0.4, -0.2) is 18.3 Å². The Hall–Kier alpha value is -2.65. The van der Waals surface area contributed by atoms with Crippen LogP contribution in [0, 0.1) is 6.92 Å². The van der Waals surface area contributed by atoms with Crippen molar-refractivity contribution in [2.45, 2.75) is 26.2 Å². The molecule has 0 amide bonds. The van der Waals surface area contributed by atoms with Crippen LogP contribution in [0.1, 0.15) is 36.0 Å². The van der Waals surface area contributed by atoms with Gasteiger partial charge >= 0.3 is 0 Å². The number of unbranched alkanes of at least 4 members (excludes halogenated alkanes) is 2. The average molecular weight is 346 g/mol. The van der Waals surface area contributed by atoms with Crippen LogP contribution in [0.15, 0.2) is 41.2 Å². The topological polar surface area (TPSA) is 46.5 Å². The molecule has 0 fully saturated rings. The molecule has 1 aliphatic carbocycles. The van der Waals surface area contributed by atoms with E-state index in [-0.39, 0.29) is 12.0 Å². The number of hydrogen-bond acceptors (Lipinski definition) is 3. The fourth-order valence-electron chi connectivity index (χ4n) is 3.49. The number of aryl methyl sites for hydroxylation is 1. The lowest BCUT2D eigenvalue weighted by Gasteiger charge is -2.11. The molecule has 0 bridgehead atoms. The molecule has 0 saturated heterocycles. The maximum absolute atomic E-state index is 12.4. The van der Waals surface area contributed by atoms with E-state index in [1.807, 2.05) is 24.3 Å². The first-order valence-corrected chi connectivity index (χ1v) is 9.15. The second kappa shape index (κ2) is 6.93.